The fraction of sp³-hybridized carbons (Fsp3) is 0.750. The number of nitrogens with zero attached hydrogens (tertiary/aromatic N) is 2. The molecular weight excluding hydrogens is 172 g/mol. The molecule has 2 saturated heterocycles. The third-order valence-electron chi connectivity index (χ3n) is 2.90. The Bertz CT molecular complexity index is 291. The summed E-state index contributed by atoms with van der Waals surface area (Å²) in [5.41, 5.74) is -0.983. The van der Waals surface area contributed by atoms with E-state index in [0.717, 1.165) is 0 Å². The summed E-state index contributed by atoms with van der Waals surface area (Å²) in [7, 11) is 3.18. The Kier molecular flexibility index (Phi) is 1.53. The van der Waals surface area contributed by atoms with Gasteiger partial charge in [0, 0.05) is 13.6 Å². The molecular formula is C8H12N2O3. The van der Waals surface area contributed by atoms with Crippen molar-refractivity contribution in [1.29, 1.82) is 0 Å². The number of hydrogen-bond donors (Lipinski definition) is 0. The summed E-state index contributed by atoms with van der Waals surface area (Å²) < 4.78 is 0. The molecule has 72 valence electrons. The van der Waals surface area contributed by atoms with Crippen molar-refractivity contribution in [2.45, 2.75) is 18.5 Å². The second kappa shape index (κ2) is 2.30. The molecule has 0 radical (unpaired) electrons. The van der Waals surface area contributed by atoms with Gasteiger partial charge in [-0.05, 0) is 6.92 Å². The summed E-state index contributed by atoms with van der Waals surface area (Å²) in [5.74, 6) is -0.277. The van der Waals surface area contributed by atoms with Crippen molar-refractivity contribution in [2.75, 3.05) is 20.7 Å². The molecule has 5 heteroatoms. The minimum atomic E-state index is -0.983. The number of piperazine rings is 1. The molecule has 0 aromatic heterocycles. The van der Waals surface area contributed by atoms with Crippen LogP contribution in [0.1, 0.15) is 6.92 Å². The largest absolute Gasteiger partial charge is 0.342 e. The normalized spacial score (nSPS) is 42.1. The number of carbonyl (C=O) groups is 2. The molecule has 2 aliphatic heterocycles. The zero-order valence-electron chi connectivity index (χ0n) is 7.90. The maximum absolute atomic E-state index is 11.7. The highest BCUT2D eigenvalue weighted by atomic mass is 16.7. The third-order valence-corrected chi connectivity index (χ3v) is 2.90. The average molecular weight is 184 g/mol. The maximum Gasteiger partial charge on any atom is 0.254 e. The van der Waals surface area contributed by atoms with Gasteiger partial charge in [-0.1, -0.05) is 0 Å². The van der Waals surface area contributed by atoms with Gasteiger partial charge in [-0.3, -0.25) is 9.59 Å². The second-order valence-electron chi connectivity index (χ2n) is 3.53. The number of Topliss-reactive ketones (excluding diaryl/α,β-unsaturated/α-hetero) is 1. The highest BCUT2D eigenvalue weighted by Crippen LogP contribution is 2.48. The van der Waals surface area contributed by atoms with Crippen LogP contribution in [-0.2, 0) is 14.4 Å². The predicted octanol–water partition coefficient (Wildman–Crippen LogP) is -0.968. The molecule has 0 N–H and O–H groups in total. The SMILES string of the molecule is CON1[C@@H]2CN(C)C(=O)[C@@]21C(C)=O. The molecule has 0 aromatic rings. The molecule has 13 heavy (non-hydrogen) atoms. The van der Waals surface area contributed by atoms with E-state index in [1.54, 1.807) is 11.9 Å². The lowest BCUT2D eigenvalue weighted by Crippen LogP contribution is -2.42. The molecule has 5 nitrogen and oxygen atoms in total. The van der Waals surface area contributed by atoms with Crippen LogP contribution in [0.3, 0.4) is 0 Å². The van der Waals surface area contributed by atoms with Crippen LogP contribution in [-0.4, -0.2) is 53.9 Å². The molecule has 0 aliphatic carbocycles. The minimum Gasteiger partial charge on any atom is -0.342 e. The van der Waals surface area contributed by atoms with E-state index in [-0.39, 0.29) is 17.7 Å². The number of hydrogen-bond acceptors (Lipinski definition) is 4. The average Bonchev–Trinajstić information content (AvgIpc) is 2.64. The molecule has 2 heterocycles. The molecule has 1 unspecified atom stereocenters. The smallest absolute Gasteiger partial charge is 0.254 e. The molecule has 0 aromatic carbocycles. The first kappa shape index (κ1) is 8.65. The van der Waals surface area contributed by atoms with E-state index in [4.69, 9.17) is 4.84 Å². The predicted molar refractivity (Wildman–Crippen MR) is 43.7 cm³/mol. The number of likely N-dealkylation sites (N-methyl/N-ethyl adjacent to an activating group) is 1. The van der Waals surface area contributed by atoms with Crippen molar-refractivity contribution in [3.8, 4) is 0 Å². The fourth-order valence-corrected chi connectivity index (χ4v) is 2.21. The van der Waals surface area contributed by atoms with Crippen molar-refractivity contribution >= 4 is 11.7 Å². The molecule has 0 spiro atoms. The zero-order chi connectivity index (χ0) is 9.80. The van der Waals surface area contributed by atoms with Gasteiger partial charge in [-0.2, -0.15) is 5.06 Å². The van der Waals surface area contributed by atoms with E-state index in [2.05, 4.69) is 0 Å². The molecule has 2 aliphatic rings. The van der Waals surface area contributed by atoms with Crippen LogP contribution in [0.25, 0.3) is 0 Å². The summed E-state index contributed by atoms with van der Waals surface area (Å²) >= 11 is 0. The number of likely N-dealkylation sites (tertiary alicyclic amines) is 1. The summed E-state index contributed by atoms with van der Waals surface area (Å²) in [4.78, 5) is 29.6. The van der Waals surface area contributed by atoms with Crippen LogP contribution < -0.4 is 0 Å². The molecule has 2 rings (SSSR count). The minimum absolute atomic E-state index is 0.0764. The van der Waals surface area contributed by atoms with Crippen molar-refractivity contribution in [1.82, 2.24) is 9.96 Å². The Morgan fingerprint density at radius 1 is 1.69 bits per heavy atom. The number of rotatable bonds is 2. The number of hydroxylamine groups is 2. The van der Waals surface area contributed by atoms with E-state index >= 15 is 0 Å². The molecule has 0 saturated carbocycles. The van der Waals surface area contributed by atoms with Gasteiger partial charge in [0.1, 0.15) is 0 Å². The molecule has 1 amide bonds. The van der Waals surface area contributed by atoms with Gasteiger partial charge < -0.3 is 9.74 Å². The van der Waals surface area contributed by atoms with Crippen LogP contribution >= 0.6 is 0 Å². The van der Waals surface area contributed by atoms with Crippen molar-refractivity contribution in [3.05, 3.63) is 0 Å². The summed E-state index contributed by atoms with van der Waals surface area (Å²) in [5, 5.41) is 1.48. The fourth-order valence-electron chi connectivity index (χ4n) is 2.21. The first-order valence-electron chi connectivity index (χ1n) is 4.16. The van der Waals surface area contributed by atoms with Crippen LogP contribution in [0.2, 0.25) is 0 Å². The first-order valence-corrected chi connectivity index (χ1v) is 4.16. The zero-order valence-corrected chi connectivity index (χ0v) is 7.90. The molecule has 0 bridgehead atoms. The van der Waals surface area contributed by atoms with Gasteiger partial charge in [-0.25, -0.2) is 0 Å². The Balaban J connectivity index is 2.34. The topological polar surface area (TPSA) is 49.6 Å². The van der Waals surface area contributed by atoms with Crippen molar-refractivity contribution in [2.24, 2.45) is 0 Å². The van der Waals surface area contributed by atoms with Gasteiger partial charge in [0.15, 0.2) is 5.78 Å². The maximum atomic E-state index is 11.7. The number of amides is 1. The quantitative estimate of drug-likeness (QED) is 0.409. The number of fused-ring (bicyclic) bond motifs is 1. The van der Waals surface area contributed by atoms with E-state index in [9.17, 15) is 9.59 Å². The summed E-state index contributed by atoms with van der Waals surface area (Å²) in [6.07, 6.45) is 0. The molecule has 3 atom stereocenters. The van der Waals surface area contributed by atoms with E-state index in [1.807, 2.05) is 0 Å². The Hall–Kier alpha value is -0.940. The lowest BCUT2D eigenvalue weighted by Gasteiger charge is -2.17. The summed E-state index contributed by atoms with van der Waals surface area (Å²) in [6, 6.07) is -0.0764. The Labute approximate surface area is 76.2 Å². The first-order chi connectivity index (χ1) is 6.06. The van der Waals surface area contributed by atoms with Gasteiger partial charge in [0.05, 0.1) is 13.2 Å². The number of ketones is 1. The Morgan fingerprint density at radius 3 is 2.69 bits per heavy atom. The van der Waals surface area contributed by atoms with E-state index in [1.165, 1.54) is 19.1 Å². The summed E-state index contributed by atoms with van der Waals surface area (Å²) in [6.45, 7) is 2.01. The van der Waals surface area contributed by atoms with Gasteiger partial charge in [-0.15, -0.1) is 0 Å². The lowest BCUT2D eigenvalue weighted by molar-refractivity contribution is -0.150. The highest BCUT2D eigenvalue weighted by Gasteiger charge is 2.77. The standard InChI is InChI=1S/C8H12N2O3/c1-5(11)8-6(10(8)13-3)4-9(2)7(8)12/h6H,4H2,1-3H3/t6-,8-,10?/m1/s1. The van der Waals surface area contributed by atoms with Crippen LogP contribution in [0.15, 0.2) is 0 Å². The highest BCUT2D eigenvalue weighted by molar-refractivity contribution is 6.15. The van der Waals surface area contributed by atoms with Crippen LogP contribution in [0.4, 0.5) is 0 Å². The van der Waals surface area contributed by atoms with E-state index in [0.29, 0.717) is 6.54 Å². The van der Waals surface area contributed by atoms with E-state index < -0.39 is 5.54 Å². The van der Waals surface area contributed by atoms with Crippen LogP contribution in [0.5, 0.6) is 0 Å². The van der Waals surface area contributed by atoms with Crippen LogP contribution in [0, 0.1) is 0 Å². The molecule has 2 fully saturated rings. The Morgan fingerprint density at radius 2 is 2.31 bits per heavy atom. The van der Waals surface area contributed by atoms with Crippen molar-refractivity contribution < 1.29 is 14.4 Å². The van der Waals surface area contributed by atoms with Crippen molar-refractivity contribution in [3.63, 3.8) is 0 Å². The van der Waals surface area contributed by atoms with Gasteiger partial charge in [0.2, 0.25) is 5.54 Å². The number of carbonyl (C=O) groups excluding carboxylic acids is 2. The monoisotopic (exact) mass is 184 g/mol. The van der Waals surface area contributed by atoms with Gasteiger partial charge >= 0.3 is 0 Å². The third kappa shape index (κ3) is 0.739. The lowest BCUT2D eigenvalue weighted by atomic mass is 10.0. The van der Waals surface area contributed by atoms with Gasteiger partial charge in [0.25, 0.3) is 5.91 Å². The second-order valence-corrected chi connectivity index (χ2v) is 3.53.